The normalized spacial score (nSPS) is 11.4. The van der Waals surface area contributed by atoms with Crippen LogP contribution < -0.4 is 0 Å². The lowest BCUT2D eigenvalue weighted by Crippen LogP contribution is -2.00. The zero-order valence-corrected chi connectivity index (χ0v) is 15.5. The minimum Gasteiger partial charge on any atom is -0.317 e. The number of hydrogen-bond acceptors (Lipinski definition) is 1. The Morgan fingerprint density at radius 3 is 2.48 bits per heavy atom. The molecule has 0 saturated heterocycles. The van der Waals surface area contributed by atoms with Crippen molar-refractivity contribution < 1.29 is 4.39 Å². The predicted octanol–water partition coefficient (Wildman–Crippen LogP) is 6.06. The van der Waals surface area contributed by atoms with E-state index in [2.05, 4.69) is 26.6 Å². The Labute approximate surface area is 155 Å². The van der Waals surface area contributed by atoms with E-state index in [4.69, 9.17) is 0 Å². The van der Waals surface area contributed by atoms with Crippen molar-refractivity contribution in [2.45, 2.75) is 13.8 Å². The van der Waals surface area contributed by atoms with Crippen LogP contribution >= 0.6 is 15.9 Å². The van der Waals surface area contributed by atoms with Gasteiger partial charge in [0, 0.05) is 21.4 Å². The Morgan fingerprint density at radius 1 is 1.12 bits per heavy atom. The summed E-state index contributed by atoms with van der Waals surface area (Å²) >= 11 is 3.58. The summed E-state index contributed by atoms with van der Waals surface area (Å²) in [6, 6.07) is 18.4. The second-order valence-electron chi connectivity index (χ2n) is 5.76. The van der Waals surface area contributed by atoms with Gasteiger partial charge in [0.2, 0.25) is 0 Å². The number of para-hydroxylation sites is 1. The molecule has 0 radical (unpaired) electrons. The van der Waals surface area contributed by atoms with E-state index >= 15 is 0 Å². The van der Waals surface area contributed by atoms with Crippen LogP contribution in [0.1, 0.15) is 22.5 Å². The molecule has 0 N–H and O–H groups in total. The van der Waals surface area contributed by atoms with Crippen LogP contribution in [0.5, 0.6) is 0 Å². The molecule has 124 valence electrons. The topological polar surface area (TPSA) is 28.7 Å². The first kappa shape index (κ1) is 17.2. The van der Waals surface area contributed by atoms with E-state index in [1.54, 1.807) is 24.3 Å². The molecule has 0 spiro atoms. The first-order valence-corrected chi connectivity index (χ1v) is 8.62. The van der Waals surface area contributed by atoms with E-state index in [1.807, 2.05) is 44.2 Å². The summed E-state index contributed by atoms with van der Waals surface area (Å²) in [6.07, 6.45) is 1.74. The highest BCUT2D eigenvalue weighted by molar-refractivity contribution is 9.10. The highest BCUT2D eigenvalue weighted by Gasteiger charge is 2.13. The van der Waals surface area contributed by atoms with Crippen molar-refractivity contribution in [2.24, 2.45) is 0 Å². The fourth-order valence-corrected chi connectivity index (χ4v) is 3.41. The monoisotopic (exact) mass is 394 g/mol. The van der Waals surface area contributed by atoms with Crippen LogP contribution in [0.2, 0.25) is 0 Å². The third-order valence-corrected chi connectivity index (χ3v) is 4.82. The number of nitrogens with zero attached hydrogens (tertiary/aromatic N) is 2. The standard InChI is InChI=1S/C21H16BrFN2/c1-14-11-16(12-17(13-24)18-7-3-5-9-20(18)23)15(2)25(14)21-10-6-4-8-19(21)22/h3-12H,1-2H3/b17-12-. The Hall–Kier alpha value is -2.64. The van der Waals surface area contributed by atoms with Crippen molar-refractivity contribution in [3.63, 3.8) is 0 Å². The molecule has 1 heterocycles. The summed E-state index contributed by atoms with van der Waals surface area (Å²) in [7, 11) is 0. The van der Waals surface area contributed by atoms with Gasteiger partial charge in [0.1, 0.15) is 5.82 Å². The Bertz CT molecular complexity index is 1010. The van der Waals surface area contributed by atoms with Gasteiger partial charge in [0.15, 0.2) is 0 Å². The summed E-state index contributed by atoms with van der Waals surface area (Å²) in [5.74, 6) is -0.394. The molecular formula is C21H16BrFN2. The predicted molar refractivity (Wildman–Crippen MR) is 103 cm³/mol. The van der Waals surface area contributed by atoms with Gasteiger partial charge in [0.25, 0.3) is 0 Å². The van der Waals surface area contributed by atoms with Gasteiger partial charge < -0.3 is 4.57 Å². The Kier molecular flexibility index (Phi) is 4.87. The molecule has 0 amide bonds. The summed E-state index contributed by atoms with van der Waals surface area (Å²) in [5.41, 5.74) is 4.59. The molecule has 0 saturated carbocycles. The van der Waals surface area contributed by atoms with Crippen LogP contribution in [0.25, 0.3) is 17.3 Å². The van der Waals surface area contributed by atoms with Crippen molar-refractivity contribution >= 4 is 27.6 Å². The molecular weight excluding hydrogens is 379 g/mol. The van der Waals surface area contributed by atoms with E-state index in [1.165, 1.54) is 6.07 Å². The quantitative estimate of drug-likeness (QED) is 0.496. The lowest BCUT2D eigenvalue weighted by Gasteiger charge is -2.11. The number of benzene rings is 2. The number of allylic oxidation sites excluding steroid dienone is 1. The Morgan fingerprint density at radius 2 is 1.80 bits per heavy atom. The molecule has 0 aliphatic carbocycles. The number of halogens is 2. The summed E-state index contributed by atoms with van der Waals surface area (Å²) < 4.78 is 17.1. The Balaban J connectivity index is 2.14. The van der Waals surface area contributed by atoms with Gasteiger partial charge in [-0.05, 0) is 65.7 Å². The number of aryl methyl sites for hydroxylation is 1. The molecule has 3 aromatic rings. The minimum absolute atomic E-state index is 0.311. The highest BCUT2D eigenvalue weighted by Crippen LogP contribution is 2.29. The molecule has 0 bridgehead atoms. The molecule has 0 atom stereocenters. The molecule has 2 aromatic carbocycles. The molecule has 1 aromatic heterocycles. The fraction of sp³-hybridized carbons (Fsp3) is 0.0952. The molecule has 3 rings (SSSR count). The SMILES string of the molecule is Cc1cc(/C=C(/C#N)c2ccccc2F)c(C)n1-c1ccccc1Br. The highest BCUT2D eigenvalue weighted by atomic mass is 79.9. The molecule has 0 fully saturated rings. The molecule has 25 heavy (non-hydrogen) atoms. The van der Waals surface area contributed by atoms with Gasteiger partial charge in [-0.2, -0.15) is 5.26 Å². The third kappa shape index (κ3) is 3.29. The second kappa shape index (κ2) is 7.08. The van der Waals surface area contributed by atoms with Gasteiger partial charge in [-0.3, -0.25) is 0 Å². The lowest BCUT2D eigenvalue weighted by atomic mass is 10.0. The number of hydrogen-bond donors (Lipinski definition) is 0. The average Bonchev–Trinajstić information content (AvgIpc) is 2.88. The van der Waals surface area contributed by atoms with Crippen molar-refractivity contribution in [2.75, 3.05) is 0 Å². The molecule has 0 aliphatic rings. The van der Waals surface area contributed by atoms with Crippen molar-refractivity contribution in [1.29, 1.82) is 5.26 Å². The number of aromatic nitrogens is 1. The molecule has 0 aliphatic heterocycles. The van der Waals surface area contributed by atoms with E-state index in [0.29, 0.717) is 11.1 Å². The van der Waals surface area contributed by atoms with Gasteiger partial charge in [-0.25, -0.2) is 4.39 Å². The van der Waals surface area contributed by atoms with Gasteiger partial charge >= 0.3 is 0 Å². The largest absolute Gasteiger partial charge is 0.317 e. The van der Waals surface area contributed by atoms with E-state index < -0.39 is 5.82 Å². The van der Waals surface area contributed by atoms with Crippen LogP contribution in [0.4, 0.5) is 4.39 Å². The first-order valence-electron chi connectivity index (χ1n) is 7.83. The van der Waals surface area contributed by atoms with Crippen LogP contribution in [0.15, 0.2) is 59.1 Å². The molecule has 2 nitrogen and oxygen atoms in total. The van der Waals surface area contributed by atoms with Crippen molar-refractivity contribution in [3.8, 4) is 11.8 Å². The van der Waals surface area contributed by atoms with E-state index in [-0.39, 0.29) is 0 Å². The van der Waals surface area contributed by atoms with Crippen LogP contribution in [0, 0.1) is 31.0 Å². The van der Waals surface area contributed by atoms with Gasteiger partial charge in [-0.1, -0.05) is 30.3 Å². The van der Waals surface area contributed by atoms with Crippen molar-refractivity contribution in [3.05, 3.63) is 87.4 Å². The van der Waals surface area contributed by atoms with Crippen LogP contribution in [-0.2, 0) is 0 Å². The van der Waals surface area contributed by atoms with Crippen LogP contribution in [-0.4, -0.2) is 4.57 Å². The molecule has 4 heteroatoms. The maximum Gasteiger partial charge on any atom is 0.131 e. The van der Waals surface area contributed by atoms with Crippen molar-refractivity contribution in [1.82, 2.24) is 4.57 Å². The maximum atomic E-state index is 14.0. The van der Waals surface area contributed by atoms with E-state index in [0.717, 1.165) is 27.1 Å². The minimum atomic E-state index is -0.394. The summed E-state index contributed by atoms with van der Waals surface area (Å²) in [4.78, 5) is 0. The van der Waals surface area contributed by atoms with Gasteiger partial charge in [0.05, 0.1) is 17.3 Å². The number of rotatable bonds is 3. The molecule has 0 unspecified atom stereocenters. The van der Waals surface area contributed by atoms with Gasteiger partial charge in [-0.15, -0.1) is 0 Å². The fourth-order valence-electron chi connectivity index (χ4n) is 2.94. The van der Waals surface area contributed by atoms with Crippen LogP contribution in [0.3, 0.4) is 0 Å². The second-order valence-corrected chi connectivity index (χ2v) is 6.62. The summed E-state index contributed by atoms with van der Waals surface area (Å²) in [5, 5.41) is 9.49. The lowest BCUT2D eigenvalue weighted by molar-refractivity contribution is 0.624. The van der Waals surface area contributed by atoms with E-state index in [9.17, 15) is 9.65 Å². The third-order valence-electron chi connectivity index (χ3n) is 4.15. The zero-order valence-electron chi connectivity index (χ0n) is 13.9. The summed E-state index contributed by atoms with van der Waals surface area (Å²) in [6.45, 7) is 4.01. The zero-order chi connectivity index (χ0) is 18.0. The first-order chi connectivity index (χ1) is 12.0. The maximum absolute atomic E-state index is 14.0. The average molecular weight is 395 g/mol. The smallest absolute Gasteiger partial charge is 0.131 e. The number of nitriles is 1.